The fourth-order valence-electron chi connectivity index (χ4n) is 1.83. The van der Waals surface area contributed by atoms with Crippen molar-refractivity contribution in [3.05, 3.63) is 53.5 Å². The molecule has 0 fully saturated rings. The summed E-state index contributed by atoms with van der Waals surface area (Å²) >= 11 is 0. The maximum absolute atomic E-state index is 11.9. The van der Waals surface area contributed by atoms with Gasteiger partial charge in [0.05, 0.1) is 12.4 Å². The molecule has 1 aromatic heterocycles. The molecule has 2 rings (SSSR count). The Hall–Kier alpha value is -2.23. The summed E-state index contributed by atoms with van der Waals surface area (Å²) in [5, 5.41) is 2.83. The molecule has 20 heavy (non-hydrogen) atoms. The van der Waals surface area contributed by atoms with Crippen molar-refractivity contribution >= 4 is 5.91 Å². The number of furan rings is 1. The number of aryl methyl sites for hydroxylation is 1. The Bertz CT molecular complexity index is 570. The van der Waals surface area contributed by atoms with Gasteiger partial charge >= 0.3 is 0 Å². The van der Waals surface area contributed by atoms with E-state index in [0.717, 1.165) is 16.9 Å². The molecule has 0 spiro atoms. The molecule has 1 heterocycles. The molecule has 4 nitrogen and oxygen atoms in total. The highest BCUT2D eigenvalue weighted by atomic mass is 16.5. The van der Waals surface area contributed by atoms with Gasteiger partial charge in [0.2, 0.25) is 0 Å². The number of amides is 1. The average molecular weight is 273 g/mol. The number of carbonyl (C=O) groups is 1. The third-order valence-corrected chi connectivity index (χ3v) is 2.82. The molecule has 0 radical (unpaired) electrons. The van der Waals surface area contributed by atoms with Gasteiger partial charge in [-0.2, -0.15) is 0 Å². The van der Waals surface area contributed by atoms with Crippen molar-refractivity contribution in [3.63, 3.8) is 0 Å². The lowest BCUT2D eigenvalue weighted by atomic mass is 10.2. The van der Waals surface area contributed by atoms with Crippen LogP contribution in [0, 0.1) is 6.92 Å². The smallest absolute Gasteiger partial charge is 0.287 e. The molecule has 0 aliphatic heterocycles. The van der Waals surface area contributed by atoms with E-state index >= 15 is 0 Å². The Morgan fingerprint density at radius 2 is 1.95 bits per heavy atom. The van der Waals surface area contributed by atoms with Crippen LogP contribution in [0.1, 0.15) is 35.5 Å². The largest absolute Gasteiger partial charge is 0.491 e. The van der Waals surface area contributed by atoms with Crippen LogP contribution in [0.25, 0.3) is 0 Å². The van der Waals surface area contributed by atoms with Gasteiger partial charge in [-0.25, -0.2) is 0 Å². The molecule has 0 atom stereocenters. The number of carbonyl (C=O) groups excluding carboxylic acids is 1. The van der Waals surface area contributed by atoms with Crippen molar-refractivity contribution in [1.29, 1.82) is 0 Å². The zero-order chi connectivity index (χ0) is 14.5. The number of benzene rings is 1. The van der Waals surface area contributed by atoms with Crippen LogP contribution in [0.3, 0.4) is 0 Å². The number of hydrogen-bond acceptors (Lipinski definition) is 3. The van der Waals surface area contributed by atoms with Gasteiger partial charge < -0.3 is 14.5 Å². The summed E-state index contributed by atoms with van der Waals surface area (Å²) in [6.45, 7) is 6.27. The Morgan fingerprint density at radius 1 is 1.25 bits per heavy atom. The predicted octanol–water partition coefficient (Wildman–Crippen LogP) is 3.31. The van der Waals surface area contributed by atoms with Crippen molar-refractivity contribution < 1.29 is 13.9 Å². The molecule has 1 N–H and O–H groups in total. The van der Waals surface area contributed by atoms with Gasteiger partial charge in [-0.15, -0.1) is 0 Å². The molecule has 0 saturated heterocycles. The lowest BCUT2D eigenvalue weighted by Crippen LogP contribution is -2.22. The van der Waals surface area contributed by atoms with Gasteiger partial charge in [0.25, 0.3) is 5.91 Å². The molecule has 1 aromatic carbocycles. The quantitative estimate of drug-likeness (QED) is 0.909. The summed E-state index contributed by atoms with van der Waals surface area (Å²) in [6, 6.07) is 9.45. The third-order valence-electron chi connectivity index (χ3n) is 2.82. The maximum atomic E-state index is 11.9. The highest BCUT2D eigenvalue weighted by molar-refractivity contribution is 5.92. The lowest BCUT2D eigenvalue weighted by molar-refractivity contribution is 0.0922. The Balaban J connectivity index is 1.91. The number of hydrogen-bond donors (Lipinski definition) is 1. The summed E-state index contributed by atoms with van der Waals surface area (Å²) in [4.78, 5) is 11.9. The molecule has 0 aliphatic rings. The van der Waals surface area contributed by atoms with E-state index in [0.29, 0.717) is 12.3 Å². The molecule has 2 aromatic rings. The van der Waals surface area contributed by atoms with Gasteiger partial charge in [0.15, 0.2) is 5.76 Å². The first kappa shape index (κ1) is 14.2. The average Bonchev–Trinajstić information content (AvgIpc) is 2.83. The van der Waals surface area contributed by atoms with Crippen LogP contribution >= 0.6 is 0 Å². The monoisotopic (exact) mass is 273 g/mol. The van der Waals surface area contributed by atoms with E-state index in [2.05, 4.69) is 5.32 Å². The van der Waals surface area contributed by atoms with Crippen LogP contribution in [0.15, 0.2) is 41.0 Å². The van der Waals surface area contributed by atoms with Crippen molar-refractivity contribution in [2.24, 2.45) is 0 Å². The minimum atomic E-state index is -0.199. The van der Waals surface area contributed by atoms with Crippen LogP contribution in [0.2, 0.25) is 0 Å². The van der Waals surface area contributed by atoms with Crippen LogP contribution in [-0.4, -0.2) is 12.0 Å². The highest BCUT2D eigenvalue weighted by Gasteiger charge is 2.11. The Labute approximate surface area is 118 Å². The van der Waals surface area contributed by atoms with Gasteiger partial charge in [-0.1, -0.05) is 12.1 Å². The second kappa shape index (κ2) is 6.28. The molecule has 106 valence electrons. The van der Waals surface area contributed by atoms with Gasteiger partial charge in [0, 0.05) is 12.1 Å². The molecule has 4 heteroatoms. The van der Waals surface area contributed by atoms with E-state index in [9.17, 15) is 4.79 Å². The highest BCUT2D eigenvalue weighted by Crippen LogP contribution is 2.14. The Morgan fingerprint density at radius 3 is 2.50 bits per heavy atom. The maximum Gasteiger partial charge on any atom is 0.287 e. The van der Waals surface area contributed by atoms with Crippen LogP contribution in [0.5, 0.6) is 5.75 Å². The molecular formula is C16H19NO3. The molecule has 1 amide bonds. The zero-order valence-corrected chi connectivity index (χ0v) is 12.0. The molecular weight excluding hydrogens is 254 g/mol. The standard InChI is InChI=1S/C16H19NO3/c1-11(2)20-14-6-4-13(5-7-14)10-17-16(18)15-12(3)8-9-19-15/h4-9,11H,10H2,1-3H3,(H,17,18). The van der Waals surface area contributed by atoms with Gasteiger partial charge in [0.1, 0.15) is 5.75 Å². The van der Waals surface area contributed by atoms with Crippen molar-refractivity contribution in [2.75, 3.05) is 0 Å². The SMILES string of the molecule is Cc1ccoc1C(=O)NCc1ccc(OC(C)C)cc1. The first-order valence-electron chi connectivity index (χ1n) is 6.64. The van der Waals surface area contributed by atoms with Crippen LogP contribution < -0.4 is 10.1 Å². The van der Waals surface area contributed by atoms with Crippen LogP contribution in [-0.2, 0) is 6.54 Å². The number of ether oxygens (including phenoxy) is 1. The fourth-order valence-corrected chi connectivity index (χ4v) is 1.83. The second-order valence-corrected chi connectivity index (χ2v) is 4.93. The van der Waals surface area contributed by atoms with Gasteiger partial charge in [-0.05, 0) is 44.5 Å². The first-order chi connectivity index (χ1) is 9.56. The van der Waals surface area contributed by atoms with E-state index in [4.69, 9.17) is 9.15 Å². The summed E-state index contributed by atoms with van der Waals surface area (Å²) < 4.78 is 10.7. The van der Waals surface area contributed by atoms with E-state index in [1.54, 1.807) is 6.07 Å². The second-order valence-electron chi connectivity index (χ2n) is 4.93. The van der Waals surface area contributed by atoms with E-state index < -0.39 is 0 Å². The zero-order valence-electron chi connectivity index (χ0n) is 12.0. The van der Waals surface area contributed by atoms with E-state index in [1.807, 2.05) is 45.0 Å². The number of rotatable bonds is 5. The molecule has 0 unspecified atom stereocenters. The third kappa shape index (κ3) is 3.63. The minimum absolute atomic E-state index is 0.155. The summed E-state index contributed by atoms with van der Waals surface area (Å²) in [6.07, 6.45) is 1.67. The lowest BCUT2D eigenvalue weighted by Gasteiger charge is -2.10. The summed E-state index contributed by atoms with van der Waals surface area (Å²) in [5.41, 5.74) is 1.85. The van der Waals surface area contributed by atoms with E-state index in [-0.39, 0.29) is 12.0 Å². The van der Waals surface area contributed by atoms with Crippen molar-refractivity contribution in [2.45, 2.75) is 33.4 Å². The fraction of sp³-hybridized carbons (Fsp3) is 0.312. The van der Waals surface area contributed by atoms with E-state index in [1.165, 1.54) is 6.26 Å². The summed E-state index contributed by atoms with van der Waals surface area (Å²) in [7, 11) is 0. The minimum Gasteiger partial charge on any atom is -0.491 e. The topological polar surface area (TPSA) is 51.5 Å². The molecule has 0 bridgehead atoms. The first-order valence-corrected chi connectivity index (χ1v) is 6.64. The predicted molar refractivity (Wildman–Crippen MR) is 76.8 cm³/mol. The van der Waals surface area contributed by atoms with Gasteiger partial charge in [-0.3, -0.25) is 4.79 Å². The molecule has 0 aliphatic carbocycles. The van der Waals surface area contributed by atoms with Crippen molar-refractivity contribution in [1.82, 2.24) is 5.32 Å². The normalized spacial score (nSPS) is 10.6. The Kier molecular flexibility index (Phi) is 4.45. The van der Waals surface area contributed by atoms with Crippen LogP contribution in [0.4, 0.5) is 0 Å². The van der Waals surface area contributed by atoms with Crippen molar-refractivity contribution in [3.8, 4) is 5.75 Å². The number of nitrogens with one attached hydrogen (secondary N) is 1. The summed E-state index contributed by atoms with van der Waals surface area (Å²) in [5.74, 6) is 0.997. The molecule has 0 saturated carbocycles.